The minimum absolute atomic E-state index is 0.0457. The van der Waals surface area contributed by atoms with E-state index in [2.05, 4.69) is 4.98 Å². The van der Waals surface area contributed by atoms with Crippen LogP contribution in [0, 0.1) is 10.1 Å². The van der Waals surface area contributed by atoms with Gasteiger partial charge in [-0.15, -0.1) is 0 Å². The van der Waals surface area contributed by atoms with Gasteiger partial charge in [-0.3, -0.25) is 10.1 Å². The molecule has 0 amide bonds. The maximum atomic E-state index is 11.1. The van der Waals surface area contributed by atoms with E-state index in [1.165, 1.54) is 0 Å². The Morgan fingerprint density at radius 3 is 3.00 bits per heavy atom. The average molecular weight is 267 g/mol. The SMILES string of the molecule is CC1COCCN1c1ncc(C(=O)O)cc1[N+](=O)[O-]. The van der Waals surface area contributed by atoms with Gasteiger partial charge in [0.25, 0.3) is 0 Å². The number of hydrogen-bond donors (Lipinski definition) is 1. The third-order valence-corrected chi connectivity index (χ3v) is 2.93. The number of rotatable bonds is 3. The summed E-state index contributed by atoms with van der Waals surface area (Å²) in [5.74, 6) is -1.05. The third-order valence-electron chi connectivity index (χ3n) is 2.93. The van der Waals surface area contributed by atoms with Crippen LogP contribution < -0.4 is 4.90 Å². The summed E-state index contributed by atoms with van der Waals surface area (Å²) in [6.45, 7) is 3.28. The number of ether oxygens (including phenoxy) is 1. The van der Waals surface area contributed by atoms with Crippen molar-refractivity contribution in [2.45, 2.75) is 13.0 Å². The topological polar surface area (TPSA) is 106 Å². The van der Waals surface area contributed by atoms with Gasteiger partial charge < -0.3 is 14.7 Å². The van der Waals surface area contributed by atoms with Crippen LogP contribution >= 0.6 is 0 Å². The third kappa shape index (κ3) is 2.63. The zero-order valence-electron chi connectivity index (χ0n) is 10.3. The van der Waals surface area contributed by atoms with Crippen molar-refractivity contribution in [3.05, 3.63) is 27.9 Å². The van der Waals surface area contributed by atoms with Crippen molar-refractivity contribution in [2.24, 2.45) is 0 Å². The second kappa shape index (κ2) is 5.19. The Hall–Kier alpha value is -2.22. The number of hydrogen-bond acceptors (Lipinski definition) is 6. The second-order valence-electron chi connectivity index (χ2n) is 4.25. The first kappa shape index (κ1) is 13.2. The van der Waals surface area contributed by atoms with Crippen LogP contribution in [0.2, 0.25) is 0 Å². The van der Waals surface area contributed by atoms with Crippen molar-refractivity contribution in [2.75, 3.05) is 24.7 Å². The fraction of sp³-hybridized carbons (Fsp3) is 0.455. The lowest BCUT2D eigenvalue weighted by Crippen LogP contribution is -2.44. The van der Waals surface area contributed by atoms with Crippen molar-refractivity contribution in [1.29, 1.82) is 0 Å². The molecule has 0 spiro atoms. The van der Waals surface area contributed by atoms with E-state index in [4.69, 9.17) is 9.84 Å². The Bertz CT molecular complexity index is 519. The molecule has 0 aliphatic carbocycles. The van der Waals surface area contributed by atoms with Crippen LogP contribution in [-0.4, -0.2) is 46.8 Å². The summed E-state index contributed by atoms with van der Waals surface area (Å²) in [7, 11) is 0. The highest BCUT2D eigenvalue weighted by molar-refractivity contribution is 5.88. The zero-order valence-corrected chi connectivity index (χ0v) is 10.3. The molecule has 1 aliphatic rings. The highest BCUT2D eigenvalue weighted by Gasteiger charge is 2.28. The molecular weight excluding hydrogens is 254 g/mol. The average Bonchev–Trinajstić information content (AvgIpc) is 2.38. The Morgan fingerprint density at radius 2 is 2.42 bits per heavy atom. The highest BCUT2D eigenvalue weighted by atomic mass is 16.6. The molecule has 1 saturated heterocycles. The molecule has 0 saturated carbocycles. The Balaban J connectivity index is 2.44. The van der Waals surface area contributed by atoms with Crippen molar-refractivity contribution >= 4 is 17.5 Å². The number of anilines is 1. The number of carboxylic acids is 1. The molecular formula is C11H13N3O5. The molecule has 19 heavy (non-hydrogen) atoms. The quantitative estimate of drug-likeness (QED) is 0.640. The van der Waals surface area contributed by atoms with Crippen molar-refractivity contribution in [3.63, 3.8) is 0 Å². The molecule has 102 valence electrons. The van der Waals surface area contributed by atoms with E-state index in [1.807, 2.05) is 6.92 Å². The lowest BCUT2D eigenvalue weighted by atomic mass is 10.2. The summed E-state index contributed by atoms with van der Waals surface area (Å²) in [4.78, 5) is 27.0. The summed E-state index contributed by atoms with van der Waals surface area (Å²) in [5.41, 5.74) is -0.495. The molecule has 0 aromatic carbocycles. The van der Waals surface area contributed by atoms with E-state index in [9.17, 15) is 14.9 Å². The molecule has 1 fully saturated rings. The lowest BCUT2D eigenvalue weighted by molar-refractivity contribution is -0.384. The van der Waals surface area contributed by atoms with E-state index in [0.717, 1.165) is 12.3 Å². The van der Waals surface area contributed by atoms with Crippen molar-refractivity contribution < 1.29 is 19.6 Å². The maximum Gasteiger partial charge on any atom is 0.337 e. The minimum atomic E-state index is -1.24. The number of carboxylic acid groups (broad SMARTS) is 1. The van der Waals surface area contributed by atoms with Crippen molar-refractivity contribution in [3.8, 4) is 0 Å². The molecule has 1 aliphatic heterocycles. The predicted octanol–water partition coefficient (Wildman–Crippen LogP) is 0.913. The molecule has 1 aromatic rings. The van der Waals surface area contributed by atoms with Gasteiger partial charge in [-0.2, -0.15) is 0 Å². The van der Waals surface area contributed by atoms with Gasteiger partial charge in [-0.1, -0.05) is 0 Å². The van der Waals surface area contributed by atoms with Crippen LogP contribution in [0.3, 0.4) is 0 Å². The minimum Gasteiger partial charge on any atom is -0.478 e. The first-order chi connectivity index (χ1) is 9.00. The molecule has 1 N–H and O–H groups in total. The first-order valence-electron chi connectivity index (χ1n) is 5.73. The van der Waals surface area contributed by atoms with E-state index in [-0.39, 0.29) is 23.1 Å². The molecule has 0 radical (unpaired) electrons. The van der Waals surface area contributed by atoms with Crippen molar-refractivity contribution in [1.82, 2.24) is 4.98 Å². The molecule has 1 atom stereocenters. The summed E-state index contributed by atoms with van der Waals surface area (Å²) < 4.78 is 5.26. The molecule has 2 heterocycles. The fourth-order valence-electron chi connectivity index (χ4n) is 1.96. The van der Waals surface area contributed by atoms with Crippen LogP contribution in [0.4, 0.5) is 11.5 Å². The van der Waals surface area contributed by atoms with Gasteiger partial charge in [0, 0.05) is 18.8 Å². The van der Waals surface area contributed by atoms with Gasteiger partial charge in [0.2, 0.25) is 5.82 Å². The van der Waals surface area contributed by atoms with E-state index in [1.54, 1.807) is 4.90 Å². The zero-order chi connectivity index (χ0) is 14.0. The Labute approximate surface area is 108 Å². The number of pyridine rings is 1. The monoisotopic (exact) mass is 267 g/mol. The normalized spacial score (nSPS) is 19.2. The second-order valence-corrected chi connectivity index (χ2v) is 4.25. The van der Waals surface area contributed by atoms with Gasteiger partial charge in [0.05, 0.1) is 29.7 Å². The number of aromatic nitrogens is 1. The smallest absolute Gasteiger partial charge is 0.337 e. The molecule has 8 heteroatoms. The van der Waals surface area contributed by atoms with Crippen LogP contribution in [0.1, 0.15) is 17.3 Å². The Kier molecular flexibility index (Phi) is 3.61. The van der Waals surface area contributed by atoms with Gasteiger partial charge in [-0.25, -0.2) is 9.78 Å². The molecule has 0 bridgehead atoms. The lowest BCUT2D eigenvalue weighted by Gasteiger charge is -2.33. The van der Waals surface area contributed by atoms with E-state index < -0.39 is 10.9 Å². The summed E-state index contributed by atoms with van der Waals surface area (Å²) >= 11 is 0. The van der Waals surface area contributed by atoms with Gasteiger partial charge in [-0.05, 0) is 6.92 Å². The number of aromatic carboxylic acids is 1. The van der Waals surface area contributed by atoms with Gasteiger partial charge in [0.15, 0.2) is 0 Å². The standard InChI is InChI=1S/C11H13N3O5/c1-7-6-19-3-2-13(7)10-9(14(17)18)4-8(5-12-10)11(15)16/h4-5,7H,2-3,6H2,1H3,(H,15,16). The van der Waals surface area contributed by atoms with Gasteiger partial charge in [0.1, 0.15) is 0 Å². The van der Waals surface area contributed by atoms with Gasteiger partial charge >= 0.3 is 11.7 Å². The number of carbonyl (C=O) groups is 1. The molecule has 8 nitrogen and oxygen atoms in total. The van der Waals surface area contributed by atoms with Crippen LogP contribution in [0.15, 0.2) is 12.3 Å². The Morgan fingerprint density at radius 1 is 1.68 bits per heavy atom. The number of morpholine rings is 1. The molecule has 2 rings (SSSR count). The summed E-state index contributed by atoms with van der Waals surface area (Å²) in [6, 6.07) is 0.989. The molecule has 1 aromatic heterocycles. The maximum absolute atomic E-state index is 11.1. The summed E-state index contributed by atoms with van der Waals surface area (Å²) in [5, 5.41) is 19.9. The number of nitrogens with zero attached hydrogens (tertiary/aromatic N) is 3. The largest absolute Gasteiger partial charge is 0.478 e. The summed E-state index contributed by atoms with van der Waals surface area (Å²) in [6.07, 6.45) is 1.13. The van der Waals surface area contributed by atoms with Crippen LogP contribution in [-0.2, 0) is 4.74 Å². The van der Waals surface area contributed by atoms with Crippen LogP contribution in [0.5, 0.6) is 0 Å². The molecule has 1 unspecified atom stereocenters. The first-order valence-corrected chi connectivity index (χ1v) is 5.73. The van der Waals surface area contributed by atoms with Crippen LogP contribution in [0.25, 0.3) is 0 Å². The predicted molar refractivity (Wildman–Crippen MR) is 65.5 cm³/mol. The number of nitro groups is 1. The van der Waals surface area contributed by atoms with E-state index >= 15 is 0 Å². The van der Waals surface area contributed by atoms with E-state index in [0.29, 0.717) is 19.8 Å². The fourth-order valence-corrected chi connectivity index (χ4v) is 1.96. The highest BCUT2D eigenvalue weighted by Crippen LogP contribution is 2.29.